The molecule has 1 aromatic carbocycles. The second-order valence-electron chi connectivity index (χ2n) is 4.46. The fourth-order valence-corrected chi connectivity index (χ4v) is 2.29. The van der Waals surface area contributed by atoms with Crippen molar-refractivity contribution in [2.75, 3.05) is 18.7 Å². The number of hydrogen-bond acceptors (Lipinski definition) is 5. The summed E-state index contributed by atoms with van der Waals surface area (Å²) < 4.78 is 40.9. The smallest absolute Gasteiger partial charge is 0.259 e. The second kappa shape index (κ2) is 6.10. The van der Waals surface area contributed by atoms with E-state index in [1.165, 1.54) is 37.6 Å². The van der Waals surface area contributed by atoms with E-state index in [2.05, 4.69) is 10.3 Å². The van der Waals surface area contributed by atoms with Gasteiger partial charge < -0.3 is 10.1 Å². The van der Waals surface area contributed by atoms with Gasteiger partial charge in [0.1, 0.15) is 11.6 Å². The number of ether oxygens (including phenoxy) is 1. The van der Waals surface area contributed by atoms with Crippen LogP contribution in [-0.4, -0.2) is 32.7 Å². The van der Waals surface area contributed by atoms with Crippen LogP contribution in [0.5, 0.6) is 5.75 Å². The number of carbonyl (C=O) groups is 1. The fourth-order valence-electron chi connectivity index (χ4n) is 1.73. The lowest BCUT2D eigenvalue weighted by molar-refractivity contribution is 0.102. The van der Waals surface area contributed by atoms with Crippen molar-refractivity contribution in [1.82, 2.24) is 4.98 Å². The number of rotatable bonds is 4. The number of sulfone groups is 1. The molecule has 116 valence electrons. The molecule has 0 aliphatic carbocycles. The van der Waals surface area contributed by atoms with Crippen LogP contribution in [-0.2, 0) is 9.84 Å². The zero-order chi connectivity index (χ0) is 16.3. The summed E-state index contributed by atoms with van der Waals surface area (Å²) >= 11 is 0. The first-order valence-corrected chi connectivity index (χ1v) is 8.01. The molecule has 1 heterocycles. The van der Waals surface area contributed by atoms with Crippen molar-refractivity contribution < 1.29 is 22.3 Å². The zero-order valence-corrected chi connectivity index (χ0v) is 12.6. The minimum Gasteiger partial charge on any atom is -0.496 e. The molecular formula is C14H13FN2O4S. The lowest BCUT2D eigenvalue weighted by Gasteiger charge is -2.09. The maximum Gasteiger partial charge on any atom is 0.259 e. The van der Waals surface area contributed by atoms with E-state index in [1.54, 1.807) is 0 Å². The van der Waals surface area contributed by atoms with E-state index in [4.69, 9.17) is 4.74 Å². The number of anilines is 1. The maximum atomic E-state index is 13.3. The maximum absolute atomic E-state index is 13.3. The van der Waals surface area contributed by atoms with Gasteiger partial charge in [0, 0.05) is 6.26 Å². The van der Waals surface area contributed by atoms with Crippen LogP contribution >= 0.6 is 0 Å². The summed E-state index contributed by atoms with van der Waals surface area (Å²) in [5, 5.41) is 2.39. The first-order chi connectivity index (χ1) is 10.3. The summed E-state index contributed by atoms with van der Waals surface area (Å²) in [5.41, 5.74) is 0.304. The summed E-state index contributed by atoms with van der Waals surface area (Å²) in [7, 11) is -2.04. The average Bonchev–Trinajstić information content (AvgIpc) is 2.46. The van der Waals surface area contributed by atoms with Crippen LogP contribution in [0.2, 0.25) is 0 Å². The quantitative estimate of drug-likeness (QED) is 0.928. The molecule has 1 N–H and O–H groups in total. The highest BCUT2D eigenvalue weighted by molar-refractivity contribution is 7.90. The van der Waals surface area contributed by atoms with E-state index in [0.717, 1.165) is 12.3 Å². The molecular weight excluding hydrogens is 311 g/mol. The fraction of sp³-hybridized carbons (Fsp3) is 0.143. The highest BCUT2D eigenvalue weighted by atomic mass is 32.2. The first-order valence-electron chi connectivity index (χ1n) is 6.12. The molecule has 0 atom stereocenters. The molecule has 8 heteroatoms. The van der Waals surface area contributed by atoms with Gasteiger partial charge in [-0.25, -0.2) is 17.8 Å². The van der Waals surface area contributed by atoms with Crippen molar-refractivity contribution in [1.29, 1.82) is 0 Å². The van der Waals surface area contributed by atoms with Crippen LogP contribution in [0.25, 0.3) is 0 Å². The highest BCUT2D eigenvalue weighted by Gasteiger charge is 2.14. The van der Waals surface area contributed by atoms with Crippen LogP contribution in [0.4, 0.5) is 10.1 Å². The van der Waals surface area contributed by atoms with Crippen LogP contribution in [0.3, 0.4) is 0 Å². The Kier molecular flexibility index (Phi) is 4.41. The molecule has 0 saturated heterocycles. The molecule has 6 nitrogen and oxygen atoms in total. The van der Waals surface area contributed by atoms with Crippen molar-refractivity contribution in [2.45, 2.75) is 5.03 Å². The molecule has 1 amide bonds. The summed E-state index contributed by atoms with van der Waals surface area (Å²) in [6.45, 7) is 0. The molecule has 0 aliphatic rings. The molecule has 0 bridgehead atoms. The number of halogens is 1. The van der Waals surface area contributed by atoms with Gasteiger partial charge >= 0.3 is 0 Å². The van der Waals surface area contributed by atoms with Gasteiger partial charge in [-0.3, -0.25) is 4.79 Å². The molecule has 2 aromatic rings. The molecule has 0 aliphatic heterocycles. The van der Waals surface area contributed by atoms with Crippen molar-refractivity contribution in [3.63, 3.8) is 0 Å². The molecule has 2 rings (SSSR count). The van der Waals surface area contributed by atoms with Crippen LogP contribution in [0, 0.1) is 5.82 Å². The van der Waals surface area contributed by atoms with Crippen molar-refractivity contribution >= 4 is 21.4 Å². The molecule has 0 fully saturated rings. The van der Waals surface area contributed by atoms with Crippen LogP contribution in [0.1, 0.15) is 10.4 Å². The van der Waals surface area contributed by atoms with Gasteiger partial charge in [-0.1, -0.05) is 0 Å². The third kappa shape index (κ3) is 3.59. The number of pyridine rings is 1. The lowest BCUT2D eigenvalue weighted by atomic mass is 10.2. The Morgan fingerprint density at radius 1 is 1.27 bits per heavy atom. The second-order valence-corrected chi connectivity index (χ2v) is 6.42. The Bertz CT molecular complexity index is 804. The van der Waals surface area contributed by atoms with Crippen LogP contribution in [0.15, 0.2) is 41.6 Å². The molecule has 0 unspecified atom stereocenters. The van der Waals surface area contributed by atoms with Crippen molar-refractivity contribution in [2.24, 2.45) is 0 Å². The number of methoxy groups -OCH3 is 1. The minimum absolute atomic E-state index is 0.0229. The number of hydrogen-bond donors (Lipinski definition) is 1. The topological polar surface area (TPSA) is 85.4 Å². The van der Waals surface area contributed by atoms with Gasteiger partial charge in [0.15, 0.2) is 14.9 Å². The van der Waals surface area contributed by atoms with Gasteiger partial charge in [0.2, 0.25) is 0 Å². The van der Waals surface area contributed by atoms with E-state index >= 15 is 0 Å². The lowest BCUT2D eigenvalue weighted by Crippen LogP contribution is -2.14. The van der Waals surface area contributed by atoms with Gasteiger partial charge in [-0.2, -0.15) is 0 Å². The highest BCUT2D eigenvalue weighted by Crippen LogP contribution is 2.21. The van der Waals surface area contributed by atoms with Gasteiger partial charge in [0.25, 0.3) is 5.91 Å². The largest absolute Gasteiger partial charge is 0.496 e. The first kappa shape index (κ1) is 15.9. The normalized spacial score (nSPS) is 11.0. The van der Waals surface area contributed by atoms with E-state index < -0.39 is 21.6 Å². The van der Waals surface area contributed by atoms with Gasteiger partial charge in [-0.05, 0) is 30.3 Å². The summed E-state index contributed by atoms with van der Waals surface area (Å²) in [6, 6.07) is 6.24. The van der Waals surface area contributed by atoms with E-state index in [1.807, 2.05) is 0 Å². The predicted molar refractivity (Wildman–Crippen MR) is 78.3 cm³/mol. The molecule has 0 saturated carbocycles. The Morgan fingerprint density at radius 2 is 2.00 bits per heavy atom. The molecule has 22 heavy (non-hydrogen) atoms. The monoisotopic (exact) mass is 324 g/mol. The van der Waals surface area contributed by atoms with E-state index in [0.29, 0.717) is 0 Å². The molecule has 0 spiro atoms. The van der Waals surface area contributed by atoms with Crippen molar-refractivity contribution in [3.8, 4) is 5.75 Å². The number of amides is 1. The summed E-state index contributed by atoms with van der Waals surface area (Å²) in [5.74, 6) is -0.943. The third-order valence-corrected chi connectivity index (χ3v) is 3.78. The Morgan fingerprint density at radius 3 is 2.55 bits per heavy atom. The third-order valence-electron chi connectivity index (χ3n) is 2.78. The summed E-state index contributed by atoms with van der Waals surface area (Å²) in [6.07, 6.45) is 2.24. The molecule has 1 aromatic heterocycles. The number of carbonyl (C=O) groups excluding carboxylic acids is 1. The number of nitrogens with zero attached hydrogens (tertiary/aromatic N) is 1. The van der Waals surface area contributed by atoms with Crippen molar-refractivity contribution in [3.05, 3.63) is 47.9 Å². The average molecular weight is 324 g/mol. The number of nitrogens with one attached hydrogen (secondary N) is 1. The molecule has 0 radical (unpaired) electrons. The van der Waals surface area contributed by atoms with Gasteiger partial charge in [0.05, 0.1) is 24.6 Å². The zero-order valence-electron chi connectivity index (χ0n) is 11.8. The Balaban J connectivity index is 2.24. The van der Waals surface area contributed by atoms with Gasteiger partial charge in [-0.15, -0.1) is 0 Å². The van der Waals surface area contributed by atoms with Crippen LogP contribution < -0.4 is 10.1 Å². The Hall–Kier alpha value is -2.48. The number of benzene rings is 1. The minimum atomic E-state index is -3.41. The Labute approximate surface area is 126 Å². The predicted octanol–water partition coefficient (Wildman–Crippen LogP) is 1.89. The summed E-state index contributed by atoms with van der Waals surface area (Å²) in [4.78, 5) is 15.9. The number of aromatic nitrogens is 1. The SMILES string of the molecule is COc1ccc(F)cc1C(=O)Nc1ccc(S(C)(=O)=O)nc1. The van der Waals surface area contributed by atoms with E-state index in [-0.39, 0.29) is 22.0 Å². The van der Waals surface area contributed by atoms with E-state index in [9.17, 15) is 17.6 Å². The standard InChI is InChI=1S/C14H13FN2O4S/c1-21-12-5-3-9(15)7-11(12)14(18)17-10-4-6-13(16-8-10)22(2,19)20/h3-8H,1-2H3,(H,17,18).